The zero-order valence-corrected chi connectivity index (χ0v) is 18.9. The lowest BCUT2D eigenvalue weighted by molar-refractivity contribution is -0.115. The van der Waals surface area contributed by atoms with Crippen molar-refractivity contribution < 1.29 is 4.79 Å². The Hall–Kier alpha value is -4.85. The molecule has 0 aliphatic carbocycles. The monoisotopic (exact) mass is 459 g/mol. The van der Waals surface area contributed by atoms with Gasteiger partial charge in [0, 0.05) is 46.9 Å². The van der Waals surface area contributed by atoms with E-state index in [2.05, 4.69) is 47.6 Å². The first-order valence-corrected chi connectivity index (χ1v) is 11.3. The number of hydrogen-bond donors (Lipinski definition) is 3. The molecule has 8 heteroatoms. The third kappa shape index (κ3) is 3.80. The molecule has 6 rings (SSSR count). The quantitative estimate of drug-likeness (QED) is 0.312. The normalized spacial score (nSPS) is 11.2. The summed E-state index contributed by atoms with van der Waals surface area (Å²) in [5.74, 6) is -0.0464. The van der Waals surface area contributed by atoms with Crippen LogP contribution in [-0.2, 0) is 4.79 Å². The Balaban J connectivity index is 1.43. The molecule has 0 radical (unpaired) electrons. The van der Waals surface area contributed by atoms with Gasteiger partial charge in [0.1, 0.15) is 5.69 Å². The molecule has 6 aromatic rings. The third-order valence-electron chi connectivity index (χ3n) is 5.98. The average molecular weight is 460 g/mol. The van der Waals surface area contributed by atoms with Crippen molar-refractivity contribution in [2.24, 2.45) is 0 Å². The number of carbonyl (C=O) groups excluding carboxylic acids is 1. The van der Waals surface area contributed by atoms with Gasteiger partial charge in [0.2, 0.25) is 5.91 Å². The van der Waals surface area contributed by atoms with E-state index in [9.17, 15) is 4.79 Å². The van der Waals surface area contributed by atoms with Crippen LogP contribution in [0.3, 0.4) is 0 Å². The number of nitrogens with zero attached hydrogens (tertiary/aromatic N) is 4. The van der Waals surface area contributed by atoms with Gasteiger partial charge in [0.15, 0.2) is 0 Å². The SMILES string of the molecule is CCC(=O)Nc1cncc(-c2ccc3[nH]nc(-c4cc5c(-c6ccccn6)cncc5[nH]4)c3c2)c1. The number of fused-ring (bicyclic) bond motifs is 2. The van der Waals surface area contributed by atoms with E-state index < -0.39 is 0 Å². The molecule has 5 aromatic heterocycles. The Morgan fingerprint density at radius 3 is 2.69 bits per heavy atom. The fourth-order valence-corrected chi connectivity index (χ4v) is 4.22. The molecule has 0 aliphatic rings. The number of rotatable bonds is 5. The van der Waals surface area contributed by atoms with Crippen molar-refractivity contribution in [1.82, 2.24) is 30.1 Å². The maximum absolute atomic E-state index is 11.8. The summed E-state index contributed by atoms with van der Waals surface area (Å²) in [6.07, 6.45) is 9.28. The summed E-state index contributed by atoms with van der Waals surface area (Å²) in [5, 5.41) is 12.6. The fraction of sp³-hybridized carbons (Fsp3) is 0.0741. The van der Waals surface area contributed by atoms with E-state index in [1.807, 2.05) is 55.7 Å². The molecular formula is C27H21N7O. The molecule has 0 fully saturated rings. The number of benzene rings is 1. The second-order valence-corrected chi connectivity index (χ2v) is 8.24. The first-order valence-electron chi connectivity index (χ1n) is 11.3. The summed E-state index contributed by atoms with van der Waals surface area (Å²) < 4.78 is 0. The molecule has 0 atom stereocenters. The highest BCUT2D eigenvalue weighted by molar-refractivity contribution is 6.01. The van der Waals surface area contributed by atoms with Crippen molar-refractivity contribution in [2.75, 3.05) is 5.32 Å². The van der Waals surface area contributed by atoms with Crippen molar-refractivity contribution in [2.45, 2.75) is 13.3 Å². The van der Waals surface area contributed by atoms with Gasteiger partial charge in [-0.2, -0.15) is 5.10 Å². The number of amides is 1. The smallest absolute Gasteiger partial charge is 0.224 e. The Labute approximate surface area is 200 Å². The van der Waals surface area contributed by atoms with Crippen LogP contribution >= 0.6 is 0 Å². The first-order chi connectivity index (χ1) is 17.2. The highest BCUT2D eigenvalue weighted by Crippen LogP contribution is 2.34. The summed E-state index contributed by atoms with van der Waals surface area (Å²) in [7, 11) is 0. The first kappa shape index (κ1) is 20.7. The summed E-state index contributed by atoms with van der Waals surface area (Å²) in [5.41, 5.74) is 7.93. The molecule has 170 valence electrons. The van der Waals surface area contributed by atoms with Crippen molar-refractivity contribution in [3.05, 3.63) is 79.5 Å². The molecule has 0 unspecified atom stereocenters. The highest BCUT2D eigenvalue weighted by atomic mass is 16.1. The van der Waals surface area contributed by atoms with E-state index in [-0.39, 0.29) is 5.91 Å². The summed E-state index contributed by atoms with van der Waals surface area (Å²) in [6, 6.07) is 16.0. The molecule has 0 aliphatic heterocycles. The molecule has 1 amide bonds. The fourth-order valence-electron chi connectivity index (χ4n) is 4.22. The van der Waals surface area contributed by atoms with Gasteiger partial charge in [0.25, 0.3) is 0 Å². The van der Waals surface area contributed by atoms with Gasteiger partial charge in [-0.3, -0.25) is 24.8 Å². The lowest BCUT2D eigenvalue weighted by Crippen LogP contribution is -2.09. The van der Waals surface area contributed by atoms with Gasteiger partial charge in [0.05, 0.1) is 40.5 Å². The number of pyridine rings is 3. The minimum Gasteiger partial charge on any atom is -0.352 e. The van der Waals surface area contributed by atoms with Crippen LogP contribution in [-0.4, -0.2) is 36.0 Å². The van der Waals surface area contributed by atoms with Crippen molar-refractivity contribution in [1.29, 1.82) is 0 Å². The largest absolute Gasteiger partial charge is 0.352 e. The van der Waals surface area contributed by atoms with E-state index in [0.717, 1.165) is 55.6 Å². The van der Waals surface area contributed by atoms with Crippen LogP contribution in [0.4, 0.5) is 5.69 Å². The molecule has 0 saturated carbocycles. The molecule has 0 saturated heterocycles. The lowest BCUT2D eigenvalue weighted by Gasteiger charge is -2.06. The van der Waals surface area contributed by atoms with Crippen LogP contribution in [0, 0.1) is 0 Å². The number of carbonyl (C=O) groups is 1. The van der Waals surface area contributed by atoms with Gasteiger partial charge >= 0.3 is 0 Å². The van der Waals surface area contributed by atoms with Crippen molar-refractivity contribution in [3.63, 3.8) is 0 Å². The molecule has 0 bridgehead atoms. The van der Waals surface area contributed by atoms with Gasteiger partial charge in [-0.25, -0.2) is 0 Å². The zero-order valence-electron chi connectivity index (χ0n) is 18.9. The second-order valence-electron chi connectivity index (χ2n) is 8.24. The van der Waals surface area contributed by atoms with Gasteiger partial charge < -0.3 is 10.3 Å². The van der Waals surface area contributed by atoms with Crippen LogP contribution in [0.5, 0.6) is 0 Å². The second kappa shape index (κ2) is 8.49. The zero-order chi connectivity index (χ0) is 23.8. The molecule has 0 spiro atoms. The number of aromatic nitrogens is 6. The number of aromatic amines is 2. The molecular weight excluding hydrogens is 438 g/mol. The van der Waals surface area contributed by atoms with E-state index >= 15 is 0 Å². The van der Waals surface area contributed by atoms with Crippen LogP contribution < -0.4 is 5.32 Å². The van der Waals surface area contributed by atoms with E-state index in [1.165, 1.54) is 0 Å². The molecule has 8 nitrogen and oxygen atoms in total. The maximum atomic E-state index is 11.8. The lowest BCUT2D eigenvalue weighted by atomic mass is 10.0. The number of nitrogens with one attached hydrogen (secondary N) is 3. The summed E-state index contributed by atoms with van der Waals surface area (Å²) in [4.78, 5) is 28.5. The maximum Gasteiger partial charge on any atom is 0.224 e. The number of anilines is 1. The van der Waals surface area contributed by atoms with Gasteiger partial charge in [-0.15, -0.1) is 0 Å². The number of hydrogen-bond acceptors (Lipinski definition) is 5. The summed E-state index contributed by atoms with van der Waals surface area (Å²) in [6.45, 7) is 1.82. The third-order valence-corrected chi connectivity index (χ3v) is 5.98. The predicted molar refractivity (Wildman–Crippen MR) is 137 cm³/mol. The van der Waals surface area contributed by atoms with Gasteiger partial charge in [-0.1, -0.05) is 19.1 Å². The predicted octanol–water partition coefficient (Wildman–Crippen LogP) is 5.58. The molecule has 35 heavy (non-hydrogen) atoms. The molecule has 1 aromatic carbocycles. The van der Waals surface area contributed by atoms with E-state index in [4.69, 9.17) is 0 Å². The Kier molecular flexibility index (Phi) is 5.03. The van der Waals surface area contributed by atoms with E-state index in [1.54, 1.807) is 18.6 Å². The van der Waals surface area contributed by atoms with Crippen LogP contribution in [0.2, 0.25) is 0 Å². The van der Waals surface area contributed by atoms with Crippen molar-refractivity contribution >= 4 is 33.4 Å². The minimum absolute atomic E-state index is 0.0464. The van der Waals surface area contributed by atoms with Gasteiger partial charge in [-0.05, 0) is 42.0 Å². The van der Waals surface area contributed by atoms with Crippen LogP contribution in [0.15, 0.2) is 79.5 Å². The molecule has 3 N–H and O–H groups in total. The highest BCUT2D eigenvalue weighted by Gasteiger charge is 2.15. The average Bonchev–Trinajstić information content (AvgIpc) is 3.53. The molecule has 5 heterocycles. The minimum atomic E-state index is -0.0464. The standard InChI is InChI=1S/C27H21N7O/c1-2-26(35)31-18-9-17(12-28-13-18)16-6-7-23-20(10-16)27(34-33-23)24-11-19-21(14-29-15-25(19)32-24)22-5-3-4-8-30-22/h3-15,32H,2H2,1H3,(H,31,35)(H,33,34). The van der Waals surface area contributed by atoms with E-state index in [0.29, 0.717) is 12.1 Å². The topological polar surface area (TPSA) is 112 Å². The van der Waals surface area contributed by atoms with Crippen LogP contribution in [0.25, 0.3) is 55.6 Å². The Morgan fingerprint density at radius 2 is 1.83 bits per heavy atom. The van der Waals surface area contributed by atoms with Crippen molar-refractivity contribution in [3.8, 4) is 33.8 Å². The summed E-state index contributed by atoms with van der Waals surface area (Å²) >= 11 is 0. The Morgan fingerprint density at radius 1 is 0.914 bits per heavy atom. The Bertz CT molecular complexity index is 1680. The number of H-pyrrole nitrogens is 2. The van der Waals surface area contributed by atoms with Crippen LogP contribution in [0.1, 0.15) is 13.3 Å².